The van der Waals surface area contributed by atoms with Gasteiger partial charge in [0.15, 0.2) is 0 Å². The van der Waals surface area contributed by atoms with Crippen molar-refractivity contribution in [1.29, 1.82) is 0 Å². The molecule has 0 saturated carbocycles. The lowest BCUT2D eigenvalue weighted by molar-refractivity contribution is 0.935. The zero-order chi connectivity index (χ0) is 9.26. The summed E-state index contributed by atoms with van der Waals surface area (Å²) in [4.78, 5) is 4.16. The van der Waals surface area contributed by atoms with Crippen LogP contribution in [0.5, 0.6) is 0 Å². The first-order chi connectivity index (χ1) is 6.27. The maximum Gasteiger partial charge on any atom is 0.126 e. The Kier molecular flexibility index (Phi) is 2.05. The number of aryl methyl sites for hydroxylation is 1. The Labute approximate surface area is 78.5 Å². The normalized spacial score (nSPS) is 15.9. The third-order valence-corrected chi connectivity index (χ3v) is 2.53. The molecule has 1 aliphatic carbocycles. The summed E-state index contributed by atoms with van der Waals surface area (Å²) in [6, 6.07) is 2.12. The second-order valence-electron chi connectivity index (χ2n) is 3.55. The van der Waals surface area contributed by atoms with E-state index in [1.165, 1.54) is 30.4 Å². The molecule has 0 fully saturated rings. The molecule has 0 saturated heterocycles. The number of anilines is 1. The Bertz CT molecular complexity index is 353. The van der Waals surface area contributed by atoms with Gasteiger partial charge in [-0.15, -0.1) is 0 Å². The minimum Gasteiger partial charge on any atom is -0.383 e. The average Bonchev–Trinajstić information content (AvgIpc) is 2.62. The van der Waals surface area contributed by atoms with Crippen molar-refractivity contribution in [2.45, 2.75) is 26.2 Å². The maximum atomic E-state index is 5.66. The fourth-order valence-corrected chi connectivity index (χ4v) is 1.69. The number of hydrogen-bond donors (Lipinski definition) is 1. The third kappa shape index (κ3) is 1.57. The van der Waals surface area contributed by atoms with E-state index in [0.717, 1.165) is 5.56 Å². The second-order valence-corrected chi connectivity index (χ2v) is 3.55. The zero-order valence-corrected chi connectivity index (χ0v) is 7.88. The Morgan fingerprint density at radius 2 is 2.31 bits per heavy atom. The van der Waals surface area contributed by atoms with Crippen LogP contribution in [0.3, 0.4) is 0 Å². The van der Waals surface area contributed by atoms with Gasteiger partial charge in [-0.1, -0.05) is 6.08 Å². The molecule has 0 bridgehead atoms. The SMILES string of the molecule is Cc1cc(C2=CCCC2)cnc1N. The van der Waals surface area contributed by atoms with Gasteiger partial charge in [-0.05, 0) is 49.0 Å². The van der Waals surface area contributed by atoms with E-state index in [-0.39, 0.29) is 0 Å². The molecule has 13 heavy (non-hydrogen) atoms. The van der Waals surface area contributed by atoms with Gasteiger partial charge in [-0.3, -0.25) is 0 Å². The van der Waals surface area contributed by atoms with Gasteiger partial charge in [-0.2, -0.15) is 0 Å². The number of nitrogens with zero attached hydrogens (tertiary/aromatic N) is 1. The van der Waals surface area contributed by atoms with E-state index in [2.05, 4.69) is 17.1 Å². The van der Waals surface area contributed by atoms with Crippen molar-refractivity contribution in [2.24, 2.45) is 0 Å². The highest BCUT2D eigenvalue weighted by Crippen LogP contribution is 2.28. The van der Waals surface area contributed by atoms with Crippen LogP contribution in [0, 0.1) is 6.92 Å². The average molecular weight is 174 g/mol. The van der Waals surface area contributed by atoms with Crippen LogP contribution in [0.15, 0.2) is 18.3 Å². The predicted octanol–water partition coefficient (Wildman–Crippen LogP) is 2.54. The number of allylic oxidation sites excluding steroid dienone is 2. The molecule has 2 N–H and O–H groups in total. The molecule has 1 aromatic heterocycles. The van der Waals surface area contributed by atoms with Gasteiger partial charge in [0.1, 0.15) is 5.82 Å². The maximum absolute atomic E-state index is 5.66. The lowest BCUT2D eigenvalue weighted by atomic mass is 10.1. The molecular weight excluding hydrogens is 160 g/mol. The molecule has 0 aromatic carbocycles. The van der Waals surface area contributed by atoms with Crippen LogP contribution >= 0.6 is 0 Å². The molecule has 1 aliphatic rings. The van der Waals surface area contributed by atoms with Crippen LogP contribution in [0.4, 0.5) is 5.82 Å². The van der Waals surface area contributed by atoms with E-state index in [1.54, 1.807) is 0 Å². The van der Waals surface area contributed by atoms with Gasteiger partial charge in [-0.25, -0.2) is 4.98 Å². The van der Waals surface area contributed by atoms with Crippen LogP contribution in [-0.4, -0.2) is 4.98 Å². The summed E-state index contributed by atoms with van der Waals surface area (Å²) in [5.41, 5.74) is 9.40. The fraction of sp³-hybridized carbons (Fsp3) is 0.364. The van der Waals surface area contributed by atoms with Gasteiger partial charge in [0.05, 0.1) is 0 Å². The van der Waals surface area contributed by atoms with Gasteiger partial charge in [0, 0.05) is 6.20 Å². The van der Waals surface area contributed by atoms with E-state index < -0.39 is 0 Å². The summed E-state index contributed by atoms with van der Waals surface area (Å²) < 4.78 is 0. The number of aromatic nitrogens is 1. The van der Waals surface area contributed by atoms with E-state index in [9.17, 15) is 0 Å². The monoisotopic (exact) mass is 174 g/mol. The number of nitrogens with two attached hydrogens (primary N) is 1. The smallest absolute Gasteiger partial charge is 0.126 e. The molecule has 0 amide bonds. The van der Waals surface area contributed by atoms with Gasteiger partial charge < -0.3 is 5.73 Å². The molecule has 2 rings (SSSR count). The molecule has 0 spiro atoms. The van der Waals surface area contributed by atoms with Crippen molar-refractivity contribution in [3.63, 3.8) is 0 Å². The standard InChI is InChI=1S/C11H14N2/c1-8-6-10(7-13-11(8)12)9-4-2-3-5-9/h4,6-7H,2-3,5H2,1H3,(H2,12,13). The summed E-state index contributed by atoms with van der Waals surface area (Å²) in [5.74, 6) is 0.641. The molecule has 2 nitrogen and oxygen atoms in total. The highest BCUT2D eigenvalue weighted by Gasteiger charge is 2.08. The van der Waals surface area contributed by atoms with Crippen molar-refractivity contribution in [1.82, 2.24) is 4.98 Å². The van der Waals surface area contributed by atoms with Crippen LogP contribution in [-0.2, 0) is 0 Å². The Hall–Kier alpha value is -1.31. The minimum absolute atomic E-state index is 0.641. The number of hydrogen-bond acceptors (Lipinski definition) is 2. The molecule has 0 radical (unpaired) electrons. The number of rotatable bonds is 1. The molecule has 1 heterocycles. The van der Waals surface area contributed by atoms with Gasteiger partial charge in [0.25, 0.3) is 0 Å². The number of pyridine rings is 1. The van der Waals surface area contributed by atoms with Gasteiger partial charge in [0.2, 0.25) is 0 Å². The van der Waals surface area contributed by atoms with Crippen LogP contribution < -0.4 is 5.73 Å². The Morgan fingerprint density at radius 3 is 2.92 bits per heavy atom. The first kappa shape index (κ1) is 8.30. The Morgan fingerprint density at radius 1 is 1.46 bits per heavy atom. The van der Waals surface area contributed by atoms with Crippen LogP contribution in [0.25, 0.3) is 5.57 Å². The van der Waals surface area contributed by atoms with Crippen molar-refractivity contribution in [3.05, 3.63) is 29.5 Å². The van der Waals surface area contributed by atoms with Crippen molar-refractivity contribution in [2.75, 3.05) is 5.73 Å². The molecule has 0 atom stereocenters. The van der Waals surface area contributed by atoms with Crippen molar-refractivity contribution < 1.29 is 0 Å². The molecule has 68 valence electrons. The molecule has 2 heteroatoms. The molecule has 0 unspecified atom stereocenters. The summed E-state index contributed by atoms with van der Waals surface area (Å²) in [6.45, 7) is 2.00. The summed E-state index contributed by atoms with van der Waals surface area (Å²) in [7, 11) is 0. The summed E-state index contributed by atoms with van der Waals surface area (Å²) in [5, 5.41) is 0. The highest BCUT2D eigenvalue weighted by molar-refractivity contribution is 5.68. The quantitative estimate of drug-likeness (QED) is 0.710. The van der Waals surface area contributed by atoms with Crippen LogP contribution in [0.1, 0.15) is 30.4 Å². The van der Waals surface area contributed by atoms with E-state index in [4.69, 9.17) is 5.73 Å². The highest BCUT2D eigenvalue weighted by atomic mass is 14.8. The molecule has 0 aliphatic heterocycles. The fourth-order valence-electron chi connectivity index (χ4n) is 1.69. The topological polar surface area (TPSA) is 38.9 Å². The molecular formula is C11H14N2. The third-order valence-electron chi connectivity index (χ3n) is 2.53. The molecule has 1 aromatic rings. The van der Waals surface area contributed by atoms with Gasteiger partial charge >= 0.3 is 0 Å². The summed E-state index contributed by atoms with van der Waals surface area (Å²) >= 11 is 0. The lowest BCUT2D eigenvalue weighted by Gasteiger charge is -2.04. The van der Waals surface area contributed by atoms with Crippen molar-refractivity contribution in [3.8, 4) is 0 Å². The number of nitrogen functional groups attached to an aromatic ring is 1. The van der Waals surface area contributed by atoms with E-state index >= 15 is 0 Å². The first-order valence-corrected chi connectivity index (χ1v) is 4.69. The van der Waals surface area contributed by atoms with E-state index in [0.29, 0.717) is 5.82 Å². The van der Waals surface area contributed by atoms with Crippen LogP contribution in [0.2, 0.25) is 0 Å². The minimum atomic E-state index is 0.641. The van der Waals surface area contributed by atoms with Crippen molar-refractivity contribution >= 4 is 11.4 Å². The zero-order valence-electron chi connectivity index (χ0n) is 7.88. The van der Waals surface area contributed by atoms with E-state index in [1.807, 2.05) is 13.1 Å². The lowest BCUT2D eigenvalue weighted by Crippen LogP contribution is -1.95. The Balaban J connectivity index is 2.36. The predicted molar refractivity (Wildman–Crippen MR) is 55.2 cm³/mol. The second kappa shape index (κ2) is 3.21. The largest absolute Gasteiger partial charge is 0.383 e. The summed E-state index contributed by atoms with van der Waals surface area (Å²) in [6.07, 6.45) is 7.84. The first-order valence-electron chi connectivity index (χ1n) is 4.69.